The van der Waals surface area contributed by atoms with Gasteiger partial charge in [-0.2, -0.15) is 5.10 Å². The van der Waals surface area contributed by atoms with Crippen molar-refractivity contribution in [1.29, 1.82) is 0 Å². The summed E-state index contributed by atoms with van der Waals surface area (Å²) in [6.45, 7) is 5.18. The number of aliphatic hydroxyl groups is 1. The maximum Gasteiger partial charge on any atom is 0.270 e. The van der Waals surface area contributed by atoms with Crippen LogP contribution in [0, 0.1) is 0 Å². The Morgan fingerprint density at radius 3 is 2.67 bits per heavy atom. The molecule has 0 aromatic carbocycles. The zero-order valence-corrected chi connectivity index (χ0v) is 9.48. The fourth-order valence-corrected chi connectivity index (χ4v) is 1.06. The van der Waals surface area contributed by atoms with Crippen LogP contribution in [0.3, 0.4) is 0 Å². The quantitative estimate of drug-likeness (QED) is 0.756. The standard InChI is InChI=1S/C10H17N3O2/c1-7(14)10(2,3)12-9(15)8-5-6-11-13(8)4/h5-7,14H,1-4H3,(H,12,15). The van der Waals surface area contributed by atoms with Crippen LogP contribution >= 0.6 is 0 Å². The largest absolute Gasteiger partial charge is 0.391 e. The molecular weight excluding hydrogens is 194 g/mol. The summed E-state index contributed by atoms with van der Waals surface area (Å²) >= 11 is 0. The van der Waals surface area contributed by atoms with Crippen molar-refractivity contribution in [2.24, 2.45) is 7.05 Å². The maximum absolute atomic E-state index is 11.8. The first kappa shape index (κ1) is 11.7. The SMILES string of the molecule is CC(O)C(C)(C)NC(=O)c1ccnn1C. The Kier molecular flexibility index (Phi) is 3.14. The highest BCUT2D eigenvalue weighted by molar-refractivity contribution is 5.92. The monoisotopic (exact) mass is 211 g/mol. The lowest BCUT2D eigenvalue weighted by atomic mass is 9.98. The third-order valence-electron chi connectivity index (χ3n) is 2.53. The van der Waals surface area contributed by atoms with Gasteiger partial charge in [-0.25, -0.2) is 0 Å². The fourth-order valence-electron chi connectivity index (χ4n) is 1.06. The van der Waals surface area contributed by atoms with Gasteiger partial charge in [-0.1, -0.05) is 0 Å². The molecule has 0 aliphatic carbocycles. The fraction of sp³-hybridized carbons (Fsp3) is 0.600. The van der Waals surface area contributed by atoms with Crippen molar-refractivity contribution in [2.75, 3.05) is 0 Å². The molecule has 84 valence electrons. The number of aliphatic hydroxyl groups excluding tert-OH is 1. The van der Waals surface area contributed by atoms with Crippen LogP contribution in [0.1, 0.15) is 31.3 Å². The lowest BCUT2D eigenvalue weighted by Crippen LogP contribution is -2.51. The molecule has 1 aromatic heterocycles. The summed E-state index contributed by atoms with van der Waals surface area (Å²) in [5, 5.41) is 16.1. The number of aryl methyl sites for hydroxylation is 1. The third kappa shape index (κ3) is 2.56. The number of hydrogen-bond donors (Lipinski definition) is 2. The smallest absolute Gasteiger partial charge is 0.270 e. The molecule has 0 saturated heterocycles. The van der Waals surface area contributed by atoms with Crippen LogP contribution in [0.5, 0.6) is 0 Å². The summed E-state index contributed by atoms with van der Waals surface area (Å²) in [4.78, 5) is 11.8. The number of hydrogen-bond acceptors (Lipinski definition) is 3. The van der Waals surface area contributed by atoms with Crippen molar-refractivity contribution in [3.05, 3.63) is 18.0 Å². The lowest BCUT2D eigenvalue weighted by Gasteiger charge is -2.29. The average molecular weight is 211 g/mol. The molecule has 5 nitrogen and oxygen atoms in total. The van der Waals surface area contributed by atoms with Gasteiger partial charge in [0.25, 0.3) is 5.91 Å². The van der Waals surface area contributed by atoms with E-state index >= 15 is 0 Å². The second-order valence-electron chi connectivity index (χ2n) is 4.19. The number of carbonyl (C=O) groups is 1. The summed E-state index contributed by atoms with van der Waals surface area (Å²) in [5.41, 5.74) is -0.176. The number of carbonyl (C=O) groups excluding carboxylic acids is 1. The number of nitrogens with zero attached hydrogens (tertiary/aromatic N) is 2. The van der Waals surface area contributed by atoms with Crippen LogP contribution in [0.15, 0.2) is 12.3 Å². The minimum absolute atomic E-state index is 0.235. The highest BCUT2D eigenvalue weighted by atomic mass is 16.3. The molecule has 0 bridgehead atoms. The zero-order valence-electron chi connectivity index (χ0n) is 9.48. The van der Waals surface area contributed by atoms with Crippen molar-refractivity contribution in [1.82, 2.24) is 15.1 Å². The van der Waals surface area contributed by atoms with Crippen LogP contribution in [0.4, 0.5) is 0 Å². The number of rotatable bonds is 3. The molecule has 15 heavy (non-hydrogen) atoms. The molecule has 1 unspecified atom stereocenters. The van der Waals surface area contributed by atoms with Crippen molar-refractivity contribution < 1.29 is 9.90 Å². The van der Waals surface area contributed by atoms with E-state index in [0.717, 1.165) is 0 Å². The normalized spacial score (nSPS) is 13.7. The van der Waals surface area contributed by atoms with Gasteiger partial charge in [0.05, 0.1) is 11.6 Å². The summed E-state index contributed by atoms with van der Waals surface area (Å²) < 4.78 is 1.49. The molecule has 1 rings (SSSR count). The van der Waals surface area contributed by atoms with E-state index in [9.17, 15) is 9.90 Å². The molecule has 2 N–H and O–H groups in total. The van der Waals surface area contributed by atoms with Crippen molar-refractivity contribution in [2.45, 2.75) is 32.4 Å². The zero-order chi connectivity index (χ0) is 11.6. The Morgan fingerprint density at radius 2 is 2.27 bits per heavy atom. The highest BCUT2D eigenvalue weighted by Crippen LogP contribution is 2.09. The molecule has 0 saturated carbocycles. The van der Waals surface area contributed by atoms with Gasteiger partial charge >= 0.3 is 0 Å². The lowest BCUT2D eigenvalue weighted by molar-refractivity contribution is 0.0702. The van der Waals surface area contributed by atoms with Gasteiger partial charge in [0, 0.05) is 13.2 Å². The molecule has 0 aliphatic heterocycles. The summed E-state index contributed by atoms with van der Waals surface area (Å²) in [6, 6.07) is 1.63. The van der Waals surface area contributed by atoms with Crippen molar-refractivity contribution in [3.63, 3.8) is 0 Å². The Morgan fingerprint density at radius 1 is 1.67 bits per heavy atom. The van der Waals surface area contributed by atoms with E-state index in [-0.39, 0.29) is 5.91 Å². The molecule has 0 spiro atoms. The first-order valence-corrected chi connectivity index (χ1v) is 4.83. The molecule has 5 heteroatoms. The summed E-state index contributed by atoms with van der Waals surface area (Å²) in [5.74, 6) is -0.235. The minimum atomic E-state index is -0.651. The maximum atomic E-state index is 11.8. The molecule has 0 aliphatic rings. The minimum Gasteiger partial charge on any atom is -0.391 e. The van der Waals surface area contributed by atoms with Gasteiger partial charge in [-0.15, -0.1) is 0 Å². The van der Waals surface area contributed by atoms with Crippen molar-refractivity contribution >= 4 is 5.91 Å². The molecule has 0 radical (unpaired) electrons. The molecule has 0 fully saturated rings. The number of amides is 1. The van der Waals surface area contributed by atoms with Gasteiger partial charge in [-0.05, 0) is 26.8 Å². The van der Waals surface area contributed by atoms with E-state index in [1.165, 1.54) is 4.68 Å². The first-order chi connectivity index (χ1) is 6.84. The van der Waals surface area contributed by atoms with E-state index < -0.39 is 11.6 Å². The highest BCUT2D eigenvalue weighted by Gasteiger charge is 2.27. The Balaban J connectivity index is 2.77. The van der Waals surface area contributed by atoms with Gasteiger partial charge in [0.15, 0.2) is 0 Å². The average Bonchev–Trinajstić information content (AvgIpc) is 2.50. The number of nitrogens with one attached hydrogen (secondary N) is 1. The molecule has 1 aromatic rings. The van der Waals surface area contributed by atoms with Crippen LogP contribution in [-0.2, 0) is 7.05 Å². The van der Waals surface area contributed by atoms with Gasteiger partial charge in [0.1, 0.15) is 5.69 Å². The van der Waals surface area contributed by atoms with E-state index in [2.05, 4.69) is 10.4 Å². The van der Waals surface area contributed by atoms with E-state index in [1.807, 2.05) is 0 Å². The van der Waals surface area contributed by atoms with Crippen molar-refractivity contribution in [3.8, 4) is 0 Å². The van der Waals surface area contributed by atoms with Crippen LogP contribution in [0.25, 0.3) is 0 Å². The van der Waals surface area contributed by atoms with Gasteiger partial charge in [-0.3, -0.25) is 9.48 Å². The topological polar surface area (TPSA) is 67.2 Å². The van der Waals surface area contributed by atoms with Crippen LogP contribution < -0.4 is 5.32 Å². The van der Waals surface area contributed by atoms with Crippen LogP contribution in [0.2, 0.25) is 0 Å². The molecule has 1 heterocycles. The predicted molar refractivity (Wildman–Crippen MR) is 56.4 cm³/mol. The predicted octanol–water partition coefficient (Wildman–Crippen LogP) is 0.309. The van der Waals surface area contributed by atoms with E-state index in [1.54, 1.807) is 40.1 Å². The van der Waals surface area contributed by atoms with Crippen LogP contribution in [-0.4, -0.2) is 32.4 Å². The van der Waals surface area contributed by atoms with E-state index in [4.69, 9.17) is 0 Å². The third-order valence-corrected chi connectivity index (χ3v) is 2.53. The first-order valence-electron chi connectivity index (χ1n) is 4.83. The summed E-state index contributed by atoms with van der Waals surface area (Å²) in [7, 11) is 1.70. The second kappa shape index (κ2) is 4.02. The van der Waals surface area contributed by atoms with Gasteiger partial charge < -0.3 is 10.4 Å². The molecule has 1 amide bonds. The summed E-state index contributed by atoms with van der Waals surface area (Å²) in [6.07, 6.45) is 0.944. The Hall–Kier alpha value is -1.36. The second-order valence-corrected chi connectivity index (χ2v) is 4.19. The van der Waals surface area contributed by atoms with E-state index in [0.29, 0.717) is 5.69 Å². The van der Waals surface area contributed by atoms with Gasteiger partial charge in [0.2, 0.25) is 0 Å². The number of aromatic nitrogens is 2. The molecule has 1 atom stereocenters. The Bertz CT molecular complexity index is 355. The Labute approximate surface area is 89.1 Å². The molecular formula is C10H17N3O2.